The molecule has 0 spiro atoms. The first-order valence-corrected chi connectivity index (χ1v) is 3.84. The highest BCUT2D eigenvalue weighted by Gasteiger charge is 2.13. The van der Waals surface area contributed by atoms with E-state index < -0.39 is 0 Å². The van der Waals surface area contributed by atoms with Crippen LogP contribution >= 0.6 is 0 Å². The van der Waals surface area contributed by atoms with Crippen LogP contribution in [0.15, 0.2) is 6.33 Å². The predicted molar refractivity (Wildman–Crippen MR) is 44.8 cm³/mol. The van der Waals surface area contributed by atoms with Gasteiger partial charge in [-0.3, -0.25) is 0 Å². The van der Waals surface area contributed by atoms with Gasteiger partial charge in [-0.25, -0.2) is 0 Å². The van der Waals surface area contributed by atoms with Crippen LogP contribution in [0, 0.1) is 0 Å². The van der Waals surface area contributed by atoms with Crippen LogP contribution in [0.2, 0.25) is 0 Å². The van der Waals surface area contributed by atoms with E-state index in [4.69, 9.17) is 4.74 Å². The Morgan fingerprint density at radius 1 is 1.36 bits per heavy atom. The van der Waals surface area contributed by atoms with Crippen LogP contribution in [-0.2, 0) is 0 Å². The topological polar surface area (TPSA) is 93.9 Å². The summed E-state index contributed by atoms with van der Waals surface area (Å²) in [5, 5.41) is 22.0. The lowest BCUT2D eigenvalue weighted by atomic mass is 10.4. The second-order valence-corrected chi connectivity index (χ2v) is 2.63. The molecule has 0 aliphatic heterocycles. The molecule has 8 nitrogen and oxygen atoms in total. The molecule has 14 heavy (non-hydrogen) atoms. The van der Waals surface area contributed by atoms with E-state index in [0.717, 1.165) is 0 Å². The highest BCUT2D eigenvalue weighted by molar-refractivity contribution is 5.89. The van der Waals surface area contributed by atoms with Crippen LogP contribution in [0.4, 0.5) is 0 Å². The maximum atomic E-state index is 5.05. The monoisotopic (exact) mass is 191 g/mol. The number of aromatic nitrogens is 7. The summed E-state index contributed by atoms with van der Waals surface area (Å²) >= 11 is 0. The van der Waals surface area contributed by atoms with Crippen molar-refractivity contribution in [3.63, 3.8) is 0 Å². The summed E-state index contributed by atoms with van der Waals surface area (Å²) in [5.74, 6) is 0.390. The molecule has 0 amide bonds. The van der Waals surface area contributed by atoms with E-state index in [1.807, 2.05) is 0 Å². The maximum absolute atomic E-state index is 5.05. The second kappa shape index (κ2) is 2.37. The van der Waals surface area contributed by atoms with Gasteiger partial charge in [0.1, 0.15) is 6.33 Å². The average Bonchev–Trinajstić information content (AvgIpc) is 2.83. The summed E-state index contributed by atoms with van der Waals surface area (Å²) in [7, 11) is 1.52. The van der Waals surface area contributed by atoms with E-state index >= 15 is 0 Å². The summed E-state index contributed by atoms with van der Waals surface area (Å²) in [4.78, 5) is 0. The molecule has 0 saturated heterocycles. The molecule has 0 aliphatic rings. The molecule has 0 aromatic carbocycles. The minimum absolute atomic E-state index is 0.390. The molecule has 1 N–H and O–H groups in total. The quantitative estimate of drug-likeness (QED) is 0.552. The van der Waals surface area contributed by atoms with Gasteiger partial charge in [0.15, 0.2) is 11.0 Å². The van der Waals surface area contributed by atoms with Gasteiger partial charge in [-0.15, -0.1) is 15.3 Å². The smallest absolute Gasteiger partial charge is 0.262 e. The third kappa shape index (κ3) is 0.741. The van der Waals surface area contributed by atoms with Crippen molar-refractivity contribution in [1.82, 2.24) is 35.2 Å². The molecule has 8 heteroatoms. The van der Waals surface area contributed by atoms with E-state index in [9.17, 15) is 0 Å². The number of hydrogen-bond acceptors (Lipinski definition) is 6. The zero-order valence-electron chi connectivity index (χ0n) is 7.17. The Labute approximate surface area is 76.9 Å². The largest absolute Gasteiger partial charge is 0.478 e. The molecular formula is C6H5N7O. The Kier molecular flexibility index (Phi) is 1.22. The first kappa shape index (κ1) is 7.18. The van der Waals surface area contributed by atoms with Gasteiger partial charge in [0, 0.05) is 0 Å². The number of ether oxygens (including phenoxy) is 1. The zero-order valence-corrected chi connectivity index (χ0v) is 7.17. The number of H-pyrrole nitrogens is 1. The predicted octanol–water partition coefficient (Wildman–Crippen LogP) is -0.596. The van der Waals surface area contributed by atoms with Crippen molar-refractivity contribution in [2.45, 2.75) is 0 Å². The zero-order chi connectivity index (χ0) is 9.54. The van der Waals surface area contributed by atoms with Crippen LogP contribution < -0.4 is 4.74 Å². The minimum Gasteiger partial charge on any atom is -0.478 e. The molecule has 0 atom stereocenters. The van der Waals surface area contributed by atoms with Crippen LogP contribution in [-0.4, -0.2) is 42.3 Å². The second-order valence-electron chi connectivity index (χ2n) is 2.63. The van der Waals surface area contributed by atoms with Crippen molar-refractivity contribution in [3.8, 4) is 5.88 Å². The van der Waals surface area contributed by atoms with E-state index in [1.54, 1.807) is 0 Å². The summed E-state index contributed by atoms with van der Waals surface area (Å²) in [6.07, 6.45) is 1.48. The fourth-order valence-corrected chi connectivity index (χ4v) is 1.28. The van der Waals surface area contributed by atoms with Gasteiger partial charge in [0.2, 0.25) is 5.65 Å². The first-order valence-electron chi connectivity index (χ1n) is 3.84. The molecule has 0 aliphatic carbocycles. The molecule has 0 radical (unpaired) electrons. The van der Waals surface area contributed by atoms with Crippen molar-refractivity contribution in [3.05, 3.63) is 6.33 Å². The molecule has 3 aromatic rings. The van der Waals surface area contributed by atoms with Gasteiger partial charge in [0.05, 0.1) is 7.11 Å². The van der Waals surface area contributed by atoms with Gasteiger partial charge in [-0.1, -0.05) is 0 Å². The molecule has 70 valence electrons. The first-order chi connectivity index (χ1) is 6.90. The molecule has 3 aromatic heterocycles. The number of aromatic amines is 1. The molecule has 3 rings (SSSR count). The fourth-order valence-electron chi connectivity index (χ4n) is 1.28. The van der Waals surface area contributed by atoms with E-state index in [1.165, 1.54) is 18.0 Å². The highest BCUT2D eigenvalue weighted by atomic mass is 16.5. The van der Waals surface area contributed by atoms with Crippen molar-refractivity contribution in [2.24, 2.45) is 0 Å². The highest BCUT2D eigenvalue weighted by Crippen LogP contribution is 2.20. The number of methoxy groups -OCH3 is 1. The Hall–Kier alpha value is -2.25. The molecular weight excluding hydrogens is 186 g/mol. The van der Waals surface area contributed by atoms with Crippen LogP contribution in [0.1, 0.15) is 0 Å². The van der Waals surface area contributed by atoms with Crippen LogP contribution in [0.25, 0.3) is 16.7 Å². The number of rotatable bonds is 1. The van der Waals surface area contributed by atoms with E-state index in [0.29, 0.717) is 22.6 Å². The summed E-state index contributed by atoms with van der Waals surface area (Å²) in [6.45, 7) is 0. The molecule has 0 bridgehead atoms. The van der Waals surface area contributed by atoms with Gasteiger partial charge in [0.25, 0.3) is 5.88 Å². The number of hydrogen-bond donors (Lipinski definition) is 1. The van der Waals surface area contributed by atoms with E-state index in [-0.39, 0.29) is 0 Å². The van der Waals surface area contributed by atoms with Crippen molar-refractivity contribution in [1.29, 1.82) is 0 Å². The van der Waals surface area contributed by atoms with Crippen LogP contribution in [0.3, 0.4) is 0 Å². The normalized spacial score (nSPS) is 11.2. The number of nitrogens with zero attached hydrogens (tertiary/aromatic N) is 6. The van der Waals surface area contributed by atoms with Gasteiger partial charge >= 0.3 is 0 Å². The average molecular weight is 191 g/mol. The van der Waals surface area contributed by atoms with Gasteiger partial charge in [-0.2, -0.15) is 19.9 Å². The third-order valence-electron chi connectivity index (χ3n) is 1.88. The lowest BCUT2D eigenvalue weighted by Crippen LogP contribution is -1.96. The van der Waals surface area contributed by atoms with Crippen molar-refractivity contribution < 1.29 is 4.74 Å². The molecule has 0 saturated carbocycles. The summed E-state index contributed by atoms with van der Waals surface area (Å²) in [5.41, 5.74) is 1.69. The SMILES string of the molecule is COc1nn2cnnc2c2n[nH]nc12. The maximum Gasteiger partial charge on any atom is 0.262 e. The fraction of sp³-hybridized carbons (Fsp3) is 0.167. The number of fused-ring (bicyclic) bond motifs is 3. The molecule has 0 unspecified atom stereocenters. The Bertz CT molecular complexity index is 596. The van der Waals surface area contributed by atoms with Gasteiger partial charge < -0.3 is 4.74 Å². The Morgan fingerprint density at radius 2 is 2.21 bits per heavy atom. The summed E-state index contributed by atoms with van der Waals surface area (Å²) in [6, 6.07) is 0. The van der Waals surface area contributed by atoms with Crippen molar-refractivity contribution >= 4 is 16.7 Å². The summed E-state index contributed by atoms with van der Waals surface area (Å²) < 4.78 is 6.54. The van der Waals surface area contributed by atoms with E-state index in [2.05, 4.69) is 30.7 Å². The number of nitrogens with one attached hydrogen (secondary N) is 1. The van der Waals surface area contributed by atoms with Crippen molar-refractivity contribution in [2.75, 3.05) is 7.11 Å². The van der Waals surface area contributed by atoms with Crippen LogP contribution in [0.5, 0.6) is 5.88 Å². The molecule has 3 heterocycles. The lowest BCUT2D eigenvalue weighted by molar-refractivity contribution is 0.394. The Morgan fingerprint density at radius 3 is 3.07 bits per heavy atom. The molecule has 0 fully saturated rings. The standard InChI is InChI=1S/C6H5N7O/c1-14-6-4-3(8-12-9-4)5-10-7-2-13(5)11-6/h2H,1H3,(H,8,9,12). The third-order valence-corrected chi connectivity index (χ3v) is 1.88. The minimum atomic E-state index is 0.390. The Balaban J connectivity index is 2.59. The van der Waals surface area contributed by atoms with Gasteiger partial charge in [-0.05, 0) is 0 Å². The lowest BCUT2D eigenvalue weighted by Gasteiger charge is -1.98.